The fourth-order valence-corrected chi connectivity index (χ4v) is 26.2. The largest absolute Gasteiger partial charge is 0.479 e. The van der Waals surface area contributed by atoms with E-state index in [1.807, 2.05) is 243 Å². The molecule has 610 valence electrons. The van der Waals surface area contributed by atoms with Gasteiger partial charge in [-0.1, -0.05) is 305 Å². The normalized spacial score (nSPS) is 14.0. The smallest absolute Gasteiger partial charge is 0.347 e. The monoisotopic (exact) mass is 1610 g/mol. The Morgan fingerprint density at radius 1 is 0.263 bits per heavy atom. The van der Waals surface area contributed by atoms with Gasteiger partial charge in [0.15, 0.2) is 30.5 Å². The second kappa shape index (κ2) is 43.7. The standard InChI is InChI=1S/C32H38O7Si.C25H32O7Si.C22H28O5Si.C10H12O3/c1-23(29(33)36-22-26-16-10-7-11-17-26)37-30(34)24(2)38-31(35)25(3)39-40(32(4,5)6,27-18-12-8-13-19-27)28-20-14-9-15-21-28;1-17(22(26)27)30-23(28)18(2)31-24(29)19(3)32-33(25(4,5)6,20-13-9-7-10-14-20)21-15-11-8-12-16-21;1-16(20(23)24)26-21(25)17(2)27-28(22(3,4)5,18-12-8-6-9-13-18)19-14-10-7-11-15-19;1-8(11)10(12)13-7-9-5-3-2-4-6-9/h7-21,23-25H,22H2,1-6H3;7-19H,1-6H3,(H,26,27);6-17H,1-5H3,(H,23,24);2-6,8,11H,7H2,1H3/t23-,24-,25+;17-,18-,19+;16-,17+;8-/m1110/s1. The summed E-state index contributed by atoms with van der Waals surface area (Å²) in [7, 11) is -8.90. The quantitative estimate of drug-likeness (QED) is 0.0214. The first kappa shape index (κ1) is 94.1. The van der Waals surface area contributed by atoms with Crippen molar-refractivity contribution in [3.8, 4) is 0 Å². The summed E-state index contributed by atoms with van der Waals surface area (Å²) in [5.74, 6) is -7.65. The zero-order valence-electron chi connectivity index (χ0n) is 68.3. The van der Waals surface area contributed by atoms with Crippen LogP contribution in [0.25, 0.3) is 0 Å². The number of hydrogen-bond acceptors (Lipinski definition) is 20. The molecular formula is C89H110O22Si3. The molecule has 9 atom stereocenters. The molecule has 0 unspecified atom stereocenters. The number of aliphatic hydroxyl groups excluding tert-OH is 1. The highest BCUT2D eigenvalue weighted by atomic mass is 28.4. The summed E-state index contributed by atoms with van der Waals surface area (Å²) in [6.07, 6.45) is -10.2. The van der Waals surface area contributed by atoms with Gasteiger partial charge in [0.2, 0.25) is 0 Å². The lowest BCUT2D eigenvalue weighted by atomic mass is 10.2. The Bertz CT molecular complexity index is 4210. The SMILES string of the molecule is C[C@H](O)C(=O)OCc1ccccc1.C[C@H](O[Si](c1ccccc1)(c1ccccc1)C(C)(C)C)C(=O)O[C@H](C)C(=O)O.C[C@H](O[Si](c1ccccc1)(c1ccccc1)C(C)(C)C)C(=O)O[C@H](C)C(=O)O[C@H](C)C(=O)O.C[C@H](O[Si](c1ccccc1)(c1ccccc1)C(C)(C)C)C(=O)O[C@H](C)C(=O)O[C@H](C)C(=O)OCc1ccccc1. The molecular weight excluding hydrogens is 1510 g/mol. The van der Waals surface area contributed by atoms with Crippen LogP contribution < -0.4 is 31.1 Å². The van der Waals surface area contributed by atoms with Crippen LogP contribution in [0.15, 0.2) is 243 Å². The van der Waals surface area contributed by atoms with Crippen molar-refractivity contribution in [1.29, 1.82) is 0 Å². The second-order valence-corrected chi connectivity index (χ2v) is 43.0. The number of carboxylic acid groups (broad SMARTS) is 2. The predicted octanol–water partition coefficient (Wildman–Crippen LogP) is 11.5. The van der Waals surface area contributed by atoms with Crippen molar-refractivity contribution in [3.05, 3.63) is 254 Å². The van der Waals surface area contributed by atoms with E-state index in [0.29, 0.717) is 0 Å². The molecule has 114 heavy (non-hydrogen) atoms. The van der Waals surface area contributed by atoms with Gasteiger partial charge >= 0.3 is 53.7 Å². The Morgan fingerprint density at radius 3 is 0.632 bits per heavy atom. The molecule has 0 aliphatic rings. The molecule has 22 nitrogen and oxygen atoms in total. The van der Waals surface area contributed by atoms with E-state index in [2.05, 4.69) is 62.3 Å². The molecule has 0 aliphatic heterocycles. The second-order valence-electron chi connectivity index (χ2n) is 30.2. The van der Waals surface area contributed by atoms with Crippen LogP contribution in [0.1, 0.15) is 136 Å². The fourth-order valence-electron chi connectivity index (χ4n) is 12.3. The summed E-state index contributed by atoms with van der Waals surface area (Å²) in [6, 6.07) is 77.9. The number of esters is 7. The number of benzene rings is 8. The van der Waals surface area contributed by atoms with Crippen molar-refractivity contribution >= 4 is 110 Å². The van der Waals surface area contributed by atoms with E-state index in [1.54, 1.807) is 20.8 Å². The molecule has 0 saturated carbocycles. The van der Waals surface area contributed by atoms with E-state index in [0.717, 1.165) is 42.2 Å². The van der Waals surface area contributed by atoms with Gasteiger partial charge in [-0.05, 0) is 120 Å². The van der Waals surface area contributed by atoms with Crippen LogP contribution in [0.5, 0.6) is 0 Å². The molecule has 0 aromatic heterocycles. The van der Waals surface area contributed by atoms with Crippen molar-refractivity contribution in [1.82, 2.24) is 0 Å². The lowest BCUT2D eigenvalue weighted by Gasteiger charge is -2.44. The van der Waals surface area contributed by atoms with Gasteiger partial charge in [-0.3, -0.25) is 0 Å². The molecule has 3 N–H and O–H groups in total. The average molecular weight is 1620 g/mol. The maximum absolute atomic E-state index is 13.2. The molecule has 0 radical (unpaired) electrons. The number of aliphatic hydroxyl groups is 1. The average Bonchev–Trinajstić information content (AvgIpc) is 0.756. The van der Waals surface area contributed by atoms with Gasteiger partial charge < -0.3 is 61.8 Å². The molecule has 0 spiro atoms. The summed E-state index contributed by atoms with van der Waals surface area (Å²) in [5.41, 5.74) is 1.73. The van der Waals surface area contributed by atoms with Gasteiger partial charge in [-0.25, -0.2) is 43.2 Å². The van der Waals surface area contributed by atoms with Crippen molar-refractivity contribution in [2.24, 2.45) is 0 Å². The third-order valence-electron chi connectivity index (χ3n) is 18.3. The summed E-state index contributed by atoms with van der Waals surface area (Å²) < 4.78 is 55.8. The minimum atomic E-state index is -3.01. The number of rotatable bonds is 30. The minimum absolute atomic E-state index is 0.0587. The number of carbonyl (C=O) groups excluding carboxylic acids is 7. The molecule has 0 fully saturated rings. The van der Waals surface area contributed by atoms with Crippen molar-refractivity contribution < 1.29 is 105 Å². The van der Waals surface area contributed by atoms with E-state index in [-0.39, 0.29) is 28.3 Å². The molecule has 0 saturated heterocycles. The minimum Gasteiger partial charge on any atom is -0.479 e. The molecule has 0 amide bonds. The van der Waals surface area contributed by atoms with Gasteiger partial charge in [0, 0.05) is 0 Å². The highest BCUT2D eigenvalue weighted by Gasteiger charge is 2.55. The zero-order valence-corrected chi connectivity index (χ0v) is 71.3. The van der Waals surface area contributed by atoms with Gasteiger partial charge in [-0.2, -0.15) is 0 Å². The molecule has 25 heteroatoms. The first-order chi connectivity index (χ1) is 53.6. The maximum atomic E-state index is 13.2. The Morgan fingerprint density at radius 2 is 0.439 bits per heavy atom. The summed E-state index contributed by atoms with van der Waals surface area (Å²) >= 11 is 0. The van der Waals surface area contributed by atoms with E-state index in [1.165, 1.54) is 41.5 Å². The number of aliphatic carboxylic acids is 2. The van der Waals surface area contributed by atoms with Crippen LogP contribution in [0.4, 0.5) is 0 Å². The van der Waals surface area contributed by atoms with Crippen molar-refractivity contribution in [2.45, 2.75) is 208 Å². The van der Waals surface area contributed by atoms with Crippen LogP contribution in [-0.2, 0) is 103 Å². The van der Waals surface area contributed by atoms with Gasteiger partial charge in [-0.15, -0.1) is 0 Å². The number of carboxylic acids is 2. The molecule has 0 bridgehead atoms. The maximum Gasteiger partial charge on any atom is 0.347 e. The zero-order chi connectivity index (χ0) is 84.8. The number of carbonyl (C=O) groups is 9. The summed E-state index contributed by atoms with van der Waals surface area (Å²) in [6.45, 7) is 32.1. The topological polar surface area (TPSA) is 307 Å². The highest BCUT2D eigenvalue weighted by molar-refractivity contribution is 7.01. The van der Waals surface area contributed by atoms with Crippen molar-refractivity contribution in [3.63, 3.8) is 0 Å². The molecule has 8 aromatic carbocycles. The lowest BCUT2D eigenvalue weighted by Crippen LogP contribution is -2.68. The number of hydrogen-bond donors (Lipinski definition) is 3. The highest BCUT2D eigenvalue weighted by Crippen LogP contribution is 2.40. The summed E-state index contributed by atoms with van der Waals surface area (Å²) in [4.78, 5) is 108. The van der Waals surface area contributed by atoms with Crippen LogP contribution in [0.3, 0.4) is 0 Å². The van der Waals surface area contributed by atoms with Gasteiger partial charge in [0.25, 0.3) is 25.0 Å². The van der Waals surface area contributed by atoms with Crippen LogP contribution in [0, 0.1) is 0 Å². The van der Waals surface area contributed by atoms with Crippen LogP contribution >= 0.6 is 0 Å². The third kappa shape index (κ3) is 26.3. The molecule has 8 aromatic rings. The van der Waals surface area contributed by atoms with Gasteiger partial charge in [0.05, 0.1) is 0 Å². The molecule has 0 aliphatic carbocycles. The van der Waals surface area contributed by atoms with E-state index >= 15 is 0 Å². The Kier molecular flexibility index (Phi) is 36.0. The fraction of sp³-hybridized carbons (Fsp3) is 0.360. The first-order valence-electron chi connectivity index (χ1n) is 37.6. The van der Waals surface area contributed by atoms with E-state index < -0.39 is 134 Å². The Hall–Kier alpha value is -10.5. The molecule has 0 heterocycles. The van der Waals surface area contributed by atoms with E-state index in [4.69, 9.17) is 61.8 Å². The lowest BCUT2D eigenvalue weighted by molar-refractivity contribution is -0.179. The number of ether oxygens (including phenoxy) is 7. The summed E-state index contributed by atoms with van der Waals surface area (Å²) in [5, 5.41) is 31.9. The van der Waals surface area contributed by atoms with E-state index in [9.17, 15) is 43.2 Å². The third-order valence-corrected chi connectivity index (χ3v) is 33.6. The van der Waals surface area contributed by atoms with Crippen LogP contribution in [0.2, 0.25) is 15.1 Å². The van der Waals surface area contributed by atoms with Gasteiger partial charge in [0.1, 0.15) is 37.6 Å². The predicted molar refractivity (Wildman–Crippen MR) is 442 cm³/mol. The molecule has 8 rings (SSSR count). The van der Waals surface area contributed by atoms with Crippen LogP contribution in [-0.4, -0.2) is 149 Å². The van der Waals surface area contributed by atoms with Crippen molar-refractivity contribution in [2.75, 3.05) is 0 Å². The Balaban J connectivity index is 0.000000286. The Labute approximate surface area is 672 Å². The first-order valence-corrected chi connectivity index (χ1v) is 43.3.